The predicted octanol–water partition coefficient (Wildman–Crippen LogP) is 2.24. The monoisotopic (exact) mass is 336 g/mol. The van der Waals surface area contributed by atoms with Crippen LogP contribution >= 0.6 is 0 Å². The minimum absolute atomic E-state index is 0.00843. The van der Waals surface area contributed by atoms with Gasteiger partial charge in [-0.2, -0.15) is 5.10 Å². The van der Waals surface area contributed by atoms with Crippen molar-refractivity contribution in [2.75, 3.05) is 31.5 Å². The van der Waals surface area contributed by atoms with E-state index in [2.05, 4.69) is 33.1 Å². The molecule has 4 N–H and O–H groups in total. The number of aromatic amines is 1. The van der Waals surface area contributed by atoms with Crippen LogP contribution < -0.4 is 16.0 Å². The number of hydrogen-bond donors (Lipinski definition) is 4. The van der Waals surface area contributed by atoms with Crippen LogP contribution in [0.2, 0.25) is 0 Å². The van der Waals surface area contributed by atoms with Crippen LogP contribution in [0.4, 0.5) is 15.3 Å². The number of anilines is 1. The zero-order valence-corrected chi connectivity index (χ0v) is 14.5. The number of amides is 4. The Morgan fingerprint density at radius 1 is 1.38 bits per heavy atom. The van der Waals surface area contributed by atoms with E-state index < -0.39 is 0 Å². The van der Waals surface area contributed by atoms with E-state index in [9.17, 15) is 9.59 Å². The van der Waals surface area contributed by atoms with Gasteiger partial charge in [-0.25, -0.2) is 9.59 Å². The molecule has 4 amide bonds. The number of likely N-dealkylation sites (tertiary alicyclic amines) is 1. The zero-order valence-electron chi connectivity index (χ0n) is 14.5. The first-order chi connectivity index (χ1) is 11.7. The van der Waals surface area contributed by atoms with Gasteiger partial charge in [0.1, 0.15) is 0 Å². The highest BCUT2D eigenvalue weighted by Crippen LogP contribution is 2.30. The number of piperidine rings is 1. The van der Waals surface area contributed by atoms with Crippen molar-refractivity contribution < 1.29 is 9.59 Å². The minimum Gasteiger partial charge on any atom is -0.338 e. The van der Waals surface area contributed by atoms with Crippen molar-refractivity contribution in [1.29, 1.82) is 0 Å². The molecule has 0 bridgehead atoms. The van der Waals surface area contributed by atoms with Gasteiger partial charge in [0, 0.05) is 32.1 Å². The van der Waals surface area contributed by atoms with Crippen LogP contribution in [0.5, 0.6) is 0 Å². The van der Waals surface area contributed by atoms with Crippen molar-refractivity contribution in [3.63, 3.8) is 0 Å². The lowest BCUT2D eigenvalue weighted by atomic mass is 9.94. The Morgan fingerprint density at radius 3 is 2.96 bits per heavy atom. The summed E-state index contributed by atoms with van der Waals surface area (Å²) < 4.78 is 0. The van der Waals surface area contributed by atoms with Gasteiger partial charge in [0.2, 0.25) is 0 Å². The number of aromatic nitrogens is 2. The lowest BCUT2D eigenvalue weighted by Crippen LogP contribution is -2.45. The van der Waals surface area contributed by atoms with E-state index in [-0.39, 0.29) is 18.0 Å². The Kier molecular flexibility index (Phi) is 6.89. The molecular weight excluding hydrogens is 308 g/mol. The minimum atomic E-state index is -0.245. The first-order valence-electron chi connectivity index (χ1n) is 8.76. The highest BCUT2D eigenvalue weighted by atomic mass is 16.2. The molecule has 0 aliphatic carbocycles. The molecule has 0 unspecified atom stereocenters. The highest BCUT2D eigenvalue weighted by molar-refractivity contribution is 5.89. The lowest BCUT2D eigenvalue weighted by molar-refractivity contribution is 0.179. The second-order valence-corrected chi connectivity index (χ2v) is 6.05. The number of nitrogens with one attached hydrogen (secondary N) is 4. The van der Waals surface area contributed by atoms with E-state index in [0.717, 1.165) is 37.9 Å². The Morgan fingerprint density at radius 2 is 2.21 bits per heavy atom. The second-order valence-electron chi connectivity index (χ2n) is 6.05. The Hall–Kier alpha value is -2.25. The molecule has 1 fully saturated rings. The second kappa shape index (κ2) is 9.14. The van der Waals surface area contributed by atoms with Gasteiger partial charge >= 0.3 is 12.1 Å². The van der Waals surface area contributed by atoms with Gasteiger partial charge < -0.3 is 20.9 Å². The summed E-state index contributed by atoms with van der Waals surface area (Å²) in [6, 6.07) is -0.254. The first-order valence-corrected chi connectivity index (χ1v) is 8.76. The first kappa shape index (κ1) is 18.1. The third-order valence-corrected chi connectivity index (χ3v) is 4.18. The van der Waals surface area contributed by atoms with Crippen LogP contribution in [0, 0.1) is 0 Å². The van der Waals surface area contributed by atoms with E-state index in [4.69, 9.17) is 0 Å². The molecule has 1 aromatic heterocycles. The molecule has 1 aliphatic rings. The predicted molar refractivity (Wildman–Crippen MR) is 93.1 cm³/mol. The highest BCUT2D eigenvalue weighted by Gasteiger charge is 2.27. The van der Waals surface area contributed by atoms with Crippen LogP contribution in [0.15, 0.2) is 6.20 Å². The van der Waals surface area contributed by atoms with Gasteiger partial charge in [-0.15, -0.1) is 0 Å². The van der Waals surface area contributed by atoms with Crippen molar-refractivity contribution >= 4 is 17.7 Å². The van der Waals surface area contributed by atoms with E-state index >= 15 is 0 Å². The summed E-state index contributed by atoms with van der Waals surface area (Å²) in [4.78, 5) is 25.8. The fraction of sp³-hybridized carbons (Fsp3) is 0.688. The molecule has 0 radical (unpaired) electrons. The summed E-state index contributed by atoms with van der Waals surface area (Å²) in [5, 5.41) is 15.5. The van der Waals surface area contributed by atoms with Crippen LogP contribution in [0.3, 0.4) is 0 Å². The third-order valence-electron chi connectivity index (χ3n) is 4.18. The molecule has 1 aliphatic heterocycles. The molecule has 0 saturated carbocycles. The van der Waals surface area contributed by atoms with Gasteiger partial charge in [-0.05, 0) is 26.2 Å². The zero-order chi connectivity index (χ0) is 17.4. The fourth-order valence-corrected chi connectivity index (χ4v) is 2.92. The van der Waals surface area contributed by atoms with Gasteiger partial charge in [0.05, 0.1) is 17.6 Å². The van der Waals surface area contributed by atoms with E-state index in [1.807, 2.05) is 11.8 Å². The molecular formula is C16H28N6O2. The molecule has 1 aromatic rings. The Labute approximate surface area is 142 Å². The normalized spacial score (nSPS) is 17.4. The third kappa shape index (κ3) is 4.87. The summed E-state index contributed by atoms with van der Waals surface area (Å²) >= 11 is 0. The topological polar surface area (TPSA) is 102 Å². The maximum absolute atomic E-state index is 12.2. The average molecular weight is 336 g/mol. The van der Waals surface area contributed by atoms with E-state index in [0.29, 0.717) is 25.3 Å². The molecule has 134 valence electrons. The standard InChI is InChI=1S/C16H28N6O2/c1-3-5-8-18-16(24)22-9-6-7-12(11-22)14-13(10-19-21-14)20-15(23)17-4-2/h10,12H,3-9,11H2,1-2H3,(H,18,24)(H,19,21)(H2,17,20,23)/t12-/m0/s1. The summed E-state index contributed by atoms with van der Waals surface area (Å²) in [6.45, 7) is 6.64. The number of carbonyl (C=O) groups excluding carboxylic acids is 2. The van der Waals surface area contributed by atoms with Gasteiger partial charge in [-0.1, -0.05) is 13.3 Å². The number of urea groups is 2. The maximum Gasteiger partial charge on any atom is 0.319 e. The van der Waals surface area contributed by atoms with Crippen molar-refractivity contribution in [3.8, 4) is 0 Å². The maximum atomic E-state index is 12.2. The molecule has 24 heavy (non-hydrogen) atoms. The van der Waals surface area contributed by atoms with Crippen LogP contribution in [0.25, 0.3) is 0 Å². The summed E-state index contributed by atoms with van der Waals surface area (Å²) in [6.07, 6.45) is 5.57. The molecule has 2 heterocycles. The van der Waals surface area contributed by atoms with Crippen molar-refractivity contribution in [3.05, 3.63) is 11.9 Å². The number of rotatable bonds is 6. The van der Waals surface area contributed by atoms with Crippen LogP contribution in [-0.2, 0) is 0 Å². The van der Waals surface area contributed by atoms with E-state index in [1.165, 1.54) is 0 Å². The number of carbonyl (C=O) groups is 2. The molecule has 1 atom stereocenters. The Bertz CT molecular complexity index is 544. The van der Waals surface area contributed by atoms with Crippen molar-refractivity contribution in [2.24, 2.45) is 0 Å². The lowest BCUT2D eigenvalue weighted by Gasteiger charge is -2.32. The van der Waals surface area contributed by atoms with Gasteiger partial charge in [0.25, 0.3) is 0 Å². The summed E-state index contributed by atoms with van der Waals surface area (Å²) in [5.41, 5.74) is 1.56. The molecule has 0 spiro atoms. The summed E-state index contributed by atoms with van der Waals surface area (Å²) in [5.74, 6) is 0.148. The van der Waals surface area contributed by atoms with Crippen molar-refractivity contribution in [1.82, 2.24) is 25.7 Å². The van der Waals surface area contributed by atoms with Gasteiger partial charge in [-0.3, -0.25) is 5.10 Å². The van der Waals surface area contributed by atoms with Crippen LogP contribution in [0.1, 0.15) is 51.1 Å². The number of hydrogen-bond acceptors (Lipinski definition) is 3. The Balaban J connectivity index is 1.96. The largest absolute Gasteiger partial charge is 0.338 e. The van der Waals surface area contributed by atoms with Gasteiger partial charge in [0.15, 0.2) is 0 Å². The molecule has 8 heteroatoms. The molecule has 1 saturated heterocycles. The number of unbranched alkanes of at least 4 members (excludes halogenated alkanes) is 1. The molecule has 0 aromatic carbocycles. The SMILES string of the molecule is CCCCNC(=O)N1CCC[C@H](c2[nH]ncc2NC(=O)NCC)C1. The van der Waals surface area contributed by atoms with Crippen LogP contribution in [-0.4, -0.2) is 53.3 Å². The van der Waals surface area contributed by atoms with E-state index in [1.54, 1.807) is 6.20 Å². The smallest absolute Gasteiger partial charge is 0.319 e. The number of H-pyrrole nitrogens is 1. The molecule has 2 rings (SSSR count). The fourth-order valence-electron chi connectivity index (χ4n) is 2.92. The van der Waals surface area contributed by atoms with Crippen molar-refractivity contribution in [2.45, 2.75) is 45.4 Å². The quantitative estimate of drug-likeness (QED) is 0.599. The molecule has 8 nitrogen and oxygen atoms in total. The summed E-state index contributed by atoms with van der Waals surface area (Å²) in [7, 11) is 0. The number of nitrogens with zero attached hydrogens (tertiary/aromatic N) is 2. The average Bonchev–Trinajstić information content (AvgIpc) is 3.03.